The lowest BCUT2D eigenvalue weighted by molar-refractivity contribution is 0.0673. The van der Waals surface area contributed by atoms with Crippen LogP contribution in [0.5, 0.6) is 0 Å². The van der Waals surface area contributed by atoms with E-state index >= 15 is 0 Å². The number of carboxylic acid groups (broad SMARTS) is 1. The smallest absolute Gasteiger partial charge is 0.336 e. The molecule has 1 fully saturated rings. The molecule has 0 saturated carbocycles. The third-order valence-electron chi connectivity index (χ3n) is 2.49. The zero-order chi connectivity index (χ0) is 10.7. The minimum atomic E-state index is -0.891. The number of carbonyl (C=O) groups is 1. The Hall–Kier alpha value is -1.39. The van der Waals surface area contributed by atoms with Crippen molar-refractivity contribution in [3.8, 4) is 0 Å². The van der Waals surface area contributed by atoms with Crippen molar-refractivity contribution in [2.75, 3.05) is 19.8 Å². The number of morpholine rings is 1. The van der Waals surface area contributed by atoms with Crippen molar-refractivity contribution in [2.45, 2.75) is 6.04 Å². The van der Waals surface area contributed by atoms with Crippen LogP contribution in [-0.2, 0) is 4.74 Å². The Morgan fingerprint density at radius 3 is 2.93 bits per heavy atom. The molecule has 0 aliphatic carbocycles. The van der Waals surface area contributed by atoms with Crippen LogP contribution in [0.3, 0.4) is 0 Å². The van der Waals surface area contributed by atoms with Crippen molar-refractivity contribution >= 4 is 5.97 Å². The first-order valence-electron chi connectivity index (χ1n) is 4.92. The summed E-state index contributed by atoms with van der Waals surface area (Å²) in [6.45, 7) is 1.98. The standard InChI is InChI=1S/C11H13NO3/c13-11(14)9-4-2-1-3-8(9)10-7-15-6-5-12-10/h1-4,10,12H,5-7H2,(H,13,14)/t10-/m0/s1. The lowest BCUT2D eigenvalue weighted by atomic mass is 10.0. The molecule has 1 saturated heterocycles. The van der Waals surface area contributed by atoms with Gasteiger partial charge in [0.1, 0.15) is 0 Å². The van der Waals surface area contributed by atoms with Crippen LogP contribution in [0.4, 0.5) is 0 Å². The third kappa shape index (κ3) is 2.16. The number of ether oxygens (including phenoxy) is 1. The van der Waals surface area contributed by atoms with Crippen LogP contribution in [0.2, 0.25) is 0 Å². The van der Waals surface area contributed by atoms with Gasteiger partial charge >= 0.3 is 5.97 Å². The highest BCUT2D eigenvalue weighted by molar-refractivity contribution is 5.89. The third-order valence-corrected chi connectivity index (χ3v) is 2.49. The minimum Gasteiger partial charge on any atom is -0.478 e. The molecule has 15 heavy (non-hydrogen) atoms. The molecule has 1 heterocycles. The molecule has 1 aliphatic heterocycles. The van der Waals surface area contributed by atoms with Gasteiger partial charge in [-0.25, -0.2) is 4.79 Å². The van der Waals surface area contributed by atoms with Crippen LogP contribution in [0.15, 0.2) is 24.3 Å². The van der Waals surface area contributed by atoms with Crippen LogP contribution < -0.4 is 5.32 Å². The Bertz CT molecular complexity index is 359. The Balaban J connectivity index is 2.29. The van der Waals surface area contributed by atoms with Crippen LogP contribution in [0, 0.1) is 0 Å². The van der Waals surface area contributed by atoms with E-state index in [0.29, 0.717) is 18.8 Å². The molecule has 4 heteroatoms. The fraction of sp³-hybridized carbons (Fsp3) is 0.364. The summed E-state index contributed by atoms with van der Waals surface area (Å²) in [4.78, 5) is 11.0. The fourth-order valence-corrected chi connectivity index (χ4v) is 1.76. The van der Waals surface area contributed by atoms with E-state index in [-0.39, 0.29) is 6.04 Å². The molecule has 0 spiro atoms. The summed E-state index contributed by atoms with van der Waals surface area (Å²) < 4.78 is 5.32. The van der Waals surface area contributed by atoms with Crippen LogP contribution >= 0.6 is 0 Å². The lowest BCUT2D eigenvalue weighted by Gasteiger charge is -2.25. The molecule has 1 atom stereocenters. The minimum absolute atomic E-state index is 0.00829. The van der Waals surface area contributed by atoms with E-state index in [9.17, 15) is 4.79 Å². The van der Waals surface area contributed by atoms with Crippen molar-refractivity contribution in [1.82, 2.24) is 5.32 Å². The molecule has 0 aromatic heterocycles. The van der Waals surface area contributed by atoms with Gasteiger partial charge in [-0.3, -0.25) is 0 Å². The highest BCUT2D eigenvalue weighted by Crippen LogP contribution is 2.20. The van der Waals surface area contributed by atoms with Crippen molar-refractivity contribution in [2.24, 2.45) is 0 Å². The predicted octanol–water partition coefficient (Wildman–Crippen LogP) is 1.05. The summed E-state index contributed by atoms with van der Waals surface area (Å²) in [6.07, 6.45) is 0. The average Bonchev–Trinajstić information content (AvgIpc) is 2.30. The van der Waals surface area contributed by atoms with Gasteiger partial charge in [-0.05, 0) is 11.6 Å². The van der Waals surface area contributed by atoms with Gasteiger partial charge in [-0.2, -0.15) is 0 Å². The molecule has 1 aliphatic rings. The highest BCUT2D eigenvalue weighted by Gasteiger charge is 2.20. The van der Waals surface area contributed by atoms with E-state index in [1.165, 1.54) is 0 Å². The molecule has 0 radical (unpaired) electrons. The summed E-state index contributed by atoms with van der Waals surface area (Å²) in [5, 5.41) is 12.3. The van der Waals surface area contributed by atoms with Crippen molar-refractivity contribution in [1.29, 1.82) is 0 Å². The van der Waals surface area contributed by atoms with Crippen LogP contribution in [0.1, 0.15) is 22.0 Å². The normalized spacial score (nSPS) is 21.2. The van der Waals surface area contributed by atoms with Crippen LogP contribution in [0.25, 0.3) is 0 Å². The quantitative estimate of drug-likeness (QED) is 0.761. The zero-order valence-corrected chi connectivity index (χ0v) is 8.27. The highest BCUT2D eigenvalue weighted by atomic mass is 16.5. The van der Waals surface area contributed by atoms with Gasteiger partial charge in [-0.1, -0.05) is 18.2 Å². The van der Waals surface area contributed by atoms with E-state index in [0.717, 1.165) is 12.1 Å². The van der Waals surface area contributed by atoms with Gasteiger partial charge in [0.15, 0.2) is 0 Å². The molecular formula is C11H13NO3. The molecule has 0 unspecified atom stereocenters. The number of hydrogen-bond donors (Lipinski definition) is 2. The molecule has 2 N–H and O–H groups in total. The average molecular weight is 207 g/mol. The molecule has 2 rings (SSSR count). The largest absolute Gasteiger partial charge is 0.478 e. The number of benzene rings is 1. The van der Waals surface area contributed by atoms with Crippen molar-refractivity contribution in [3.05, 3.63) is 35.4 Å². The maximum absolute atomic E-state index is 11.0. The summed E-state index contributed by atoms with van der Waals surface area (Å²) >= 11 is 0. The number of hydrogen-bond acceptors (Lipinski definition) is 3. The van der Waals surface area contributed by atoms with Gasteiger partial charge in [0.05, 0.1) is 24.8 Å². The first kappa shape index (κ1) is 10.1. The summed E-state index contributed by atoms with van der Waals surface area (Å²) in [5.74, 6) is -0.891. The Morgan fingerprint density at radius 2 is 2.27 bits per heavy atom. The number of carboxylic acids is 1. The topological polar surface area (TPSA) is 58.6 Å². The van der Waals surface area contributed by atoms with Gasteiger partial charge in [0, 0.05) is 6.54 Å². The second-order valence-electron chi connectivity index (χ2n) is 3.47. The van der Waals surface area contributed by atoms with E-state index in [4.69, 9.17) is 9.84 Å². The molecule has 0 amide bonds. The van der Waals surface area contributed by atoms with E-state index in [1.54, 1.807) is 12.1 Å². The van der Waals surface area contributed by atoms with Crippen LogP contribution in [-0.4, -0.2) is 30.8 Å². The number of nitrogens with one attached hydrogen (secondary N) is 1. The maximum atomic E-state index is 11.0. The maximum Gasteiger partial charge on any atom is 0.336 e. The second kappa shape index (κ2) is 4.42. The molecular weight excluding hydrogens is 194 g/mol. The Kier molecular flexibility index (Phi) is 2.99. The Morgan fingerprint density at radius 1 is 1.47 bits per heavy atom. The van der Waals surface area contributed by atoms with Gasteiger partial charge in [0.2, 0.25) is 0 Å². The summed E-state index contributed by atoms with van der Waals surface area (Å²) in [5.41, 5.74) is 1.14. The summed E-state index contributed by atoms with van der Waals surface area (Å²) in [6, 6.07) is 7.02. The van der Waals surface area contributed by atoms with Gasteiger partial charge < -0.3 is 15.2 Å². The molecule has 1 aromatic rings. The number of aromatic carboxylic acids is 1. The van der Waals surface area contributed by atoms with Crippen molar-refractivity contribution < 1.29 is 14.6 Å². The van der Waals surface area contributed by atoms with Crippen molar-refractivity contribution in [3.63, 3.8) is 0 Å². The summed E-state index contributed by atoms with van der Waals surface area (Å²) in [7, 11) is 0. The lowest BCUT2D eigenvalue weighted by Crippen LogP contribution is -2.35. The molecule has 80 valence electrons. The zero-order valence-electron chi connectivity index (χ0n) is 8.27. The fourth-order valence-electron chi connectivity index (χ4n) is 1.76. The molecule has 0 bridgehead atoms. The first-order valence-corrected chi connectivity index (χ1v) is 4.92. The Labute approximate surface area is 87.9 Å². The van der Waals surface area contributed by atoms with E-state index in [1.807, 2.05) is 12.1 Å². The predicted molar refractivity (Wildman–Crippen MR) is 55.0 cm³/mol. The monoisotopic (exact) mass is 207 g/mol. The van der Waals surface area contributed by atoms with E-state index in [2.05, 4.69) is 5.32 Å². The SMILES string of the molecule is O=C(O)c1ccccc1[C@@H]1COCCN1. The number of rotatable bonds is 2. The molecule has 4 nitrogen and oxygen atoms in total. The molecule has 1 aromatic carbocycles. The van der Waals surface area contributed by atoms with Gasteiger partial charge in [-0.15, -0.1) is 0 Å². The van der Waals surface area contributed by atoms with E-state index < -0.39 is 5.97 Å². The van der Waals surface area contributed by atoms with Gasteiger partial charge in [0.25, 0.3) is 0 Å². The first-order chi connectivity index (χ1) is 7.29. The second-order valence-corrected chi connectivity index (χ2v) is 3.47.